The summed E-state index contributed by atoms with van der Waals surface area (Å²) in [6, 6.07) is -0.265. The zero-order chi connectivity index (χ0) is 23.9. The number of nitrogens with zero attached hydrogens (tertiary/aromatic N) is 4. The molecule has 1 N–H and O–H groups in total. The van der Waals surface area contributed by atoms with Crippen LogP contribution in [0.15, 0.2) is 0 Å². The minimum atomic E-state index is -0.829. The molecule has 1 atom stereocenters. The Morgan fingerprint density at radius 3 is 2.28 bits per heavy atom. The first kappa shape index (κ1) is 26.6. The van der Waals surface area contributed by atoms with Crippen LogP contribution in [0, 0.1) is 11.8 Å². The van der Waals surface area contributed by atoms with E-state index in [-0.39, 0.29) is 23.8 Å². The van der Waals surface area contributed by atoms with E-state index >= 15 is 0 Å². The zero-order valence-electron chi connectivity index (χ0n) is 21.2. The van der Waals surface area contributed by atoms with Crippen molar-refractivity contribution in [1.29, 1.82) is 0 Å². The molecule has 2 saturated heterocycles. The highest BCUT2D eigenvalue weighted by atomic mass is 16.2. The number of likely N-dealkylation sites (N-methyl/N-ethyl adjacent to an activating group) is 1. The Bertz CT molecular complexity index is 642. The lowest BCUT2D eigenvalue weighted by Gasteiger charge is -2.41. The highest BCUT2D eigenvalue weighted by Crippen LogP contribution is 2.38. The Morgan fingerprint density at radius 1 is 1.12 bits per heavy atom. The number of hydrogen-bond acceptors (Lipinski definition) is 5. The van der Waals surface area contributed by atoms with E-state index in [9.17, 15) is 14.4 Å². The Hall–Kier alpha value is -1.67. The van der Waals surface area contributed by atoms with Crippen LogP contribution in [0.25, 0.3) is 0 Å². The fourth-order valence-corrected chi connectivity index (χ4v) is 4.89. The van der Waals surface area contributed by atoms with Crippen LogP contribution in [0.5, 0.6) is 0 Å². The summed E-state index contributed by atoms with van der Waals surface area (Å²) in [7, 11) is 3.88. The van der Waals surface area contributed by atoms with E-state index in [1.54, 1.807) is 0 Å². The normalized spacial score (nSPS) is 22.5. The Morgan fingerprint density at radius 2 is 1.75 bits per heavy atom. The molecule has 2 aliphatic heterocycles. The van der Waals surface area contributed by atoms with Gasteiger partial charge in [-0.25, -0.2) is 4.79 Å². The van der Waals surface area contributed by atoms with Gasteiger partial charge in [0.05, 0.1) is 0 Å². The van der Waals surface area contributed by atoms with E-state index in [0.717, 1.165) is 38.9 Å². The lowest BCUT2D eigenvalue weighted by molar-refractivity contribution is -0.136. The summed E-state index contributed by atoms with van der Waals surface area (Å²) < 4.78 is 0. The number of likely N-dealkylation sites (tertiary alicyclic amines) is 1. The van der Waals surface area contributed by atoms with Crippen LogP contribution in [0.1, 0.15) is 59.8 Å². The molecular formula is C24H45N5O3. The minimum absolute atomic E-state index is 0.0638. The molecule has 8 nitrogen and oxygen atoms in total. The maximum atomic E-state index is 13.6. The predicted octanol–water partition coefficient (Wildman–Crippen LogP) is 2.25. The van der Waals surface area contributed by atoms with Gasteiger partial charge in [-0.2, -0.15) is 0 Å². The molecule has 2 heterocycles. The average Bonchev–Trinajstić information content (AvgIpc) is 3.01. The number of urea groups is 1. The molecule has 2 fully saturated rings. The maximum Gasteiger partial charge on any atom is 0.325 e. The lowest BCUT2D eigenvalue weighted by atomic mass is 9.74. The largest absolute Gasteiger partial charge is 0.343 e. The summed E-state index contributed by atoms with van der Waals surface area (Å²) >= 11 is 0. The third-order valence-electron chi connectivity index (χ3n) is 7.17. The third-order valence-corrected chi connectivity index (χ3v) is 7.17. The summed E-state index contributed by atoms with van der Waals surface area (Å²) in [6.45, 7) is 13.6. The first-order chi connectivity index (χ1) is 15.1. The lowest BCUT2D eigenvalue weighted by Crippen LogP contribution is -2.57. The molecule has 0 spiro atoms. The van der Waals surface area contributed by atoms with Crippen LogP contribution in [-0.2, 0) is 9.59 Å². The van der Waals surface area contributed by atoms with E-state index in [2.05, 4.69) is 37.9 Å². The molecule has 32 heavy (non-hydrogen) atoms. The summed E-state index contributed by atoms with van der Waals surface area (Å²) in [6.07, 6.45) is 3.59. The molecule has 0 bridgehead atoms. The van der Waals surface area contributed by atoms with Crippen molar-refractivity contribution in [2.45, 2.75) is 65.3 Å². The minimum Gasteiger partial charge on any atom is -0.343 e. The molecule has 1 unspecified atom stereocenters. The van der Waals surface area contributed by atoms with E-state index in [4.69, 9.17) is 0 Å². The van der Waals surface area contributed by atoms with Gasteiger partial charge in [-0.15, -0.1) is 0 Å². The first-order valence-electron chi connectivity index (χ1n) is 12.4. The van der Waals surface area contributed by atoms with Crippen molar-refractivity contribution in [1.82, 2.24) is 24.9 Å². The number of nitrogens with one attached hydrogen (secondary N) is 1. The van der Waals surface area contributed by atoms with Gasteiger partial charge in [0.2, 0.25) is 5.91 Å². The molecule has 0 aromatic heterocycles. The smallest absolute Gasteiger partial charge is 0.325 e. The van der Waals surface area contributed by atoms with Crippen molar-refractivity contribution in [3.8, 4) is 0 Å². The van der Waals surface area contributed by atoms with Crippen LogP contribution in [0.4, 0.5) is 4.79 Å². The van der Waals surface area contributed by atoms with Crippen molar-refractivity contribution in [2.75, 3.05) is 59.9 Å². The second kappa shape index (κ2) is 12.0. The fraction of sp³-hybridized carbons (Fsp3) is 0.875. The monoisotopic (exact) mass is 451 g/mol. The van der Waals surface area contributed by atoms with E-state index in [1.165, 1.54) is 4.90 Å². The maximum absolute atomic E-state index is 13.6. The fourth-order valence-electron chi connectivity index (χ4n) is 4.89. The molecule has 184 valence electrons. The Kier molecular flexibility index (Phi) is 9.95. The number of hydrogen-bond donors (Lipinski definition) is 1. The summed E-state index contributed by atoms with van der Waals surface area (Å²) in [4.78, 5) is 46.7. The molecule has 0 saturated carbocycles. The van der Waals surface area contributed by atoms with Gasteiger partial charge in [0.25, 0.3) is 5.91 Å². The van der Waals surface area contributed by atoms with Gasteiger partial charge in [0.15, 0.2) is 0 Å². The molecule has 8 heteroatoms. The molecular weight excluding hydrogens is 406 g/mol. The van der Waals surface area contributed by atoms with Gasteiger partial charge in [0, 0.05) is 39.1 Å². The van der Waals surface area contributed by atoms with Crippen molar-refractivity contribution < 1.29 is 14.4 Å². The van der Waals surface area contributed by atoms with Crippen molar-refractivity contribution in [2.24, 2.45) is 11.8 Å². The van der Waals surface area contributed by atoms with Crippen LogP contribution in [-0.4, -0.2) is 103 Å². The number of piperidine rings is 1. The Balaban J connectivity index is 2.06. The van der Waals surface area contributed by atoms with E-state index in [0.29, 0.717) is 44.9 Å². The summed E-state index contributed by atoms with van der Waals surface area (Å²) in [5.74, 6) is 0.639. The van der Waals surface area contributed by atoms with Crippen molar-refractivity contribution in [3.63, 3.8) is 0 Å². The molecule has 0 aromatic carbocycles. The quantitative estimate of drug-likeness (QED) is 0.461. The number of carbonyl (C=O) groups excluding carboxylic acids is 3. The van der Waals surface area contributed by atoms with Gasteiger partial charge in [-0.3, -0.25) is 14.5 Å². The SMILES string of the molecule is CCN(CC)CCC(=O)N1CCC(C2(CCC(C)C)NC(=O)N(CCN(C)C)C2=O)CC1. The van der Waals surface area contributed by atoms with E-state index < -0.39 is 5.54 Å². The number of imide groups is 1. The van der Waals surface area contributed by atoms with Crippen LogP contribution in [0.3, 0.4) is 0 Å². The number of carbonyl (C=O) groups is 3. The van der Waals surface area contributed by atoms with Crippen LogP contribution < -0.4 is 5.32 Å². The van der Waals surface area contributed by atoms with Gasteiger partial charge in [-0.05, 0) is 64.7 Å². The molecule has 0 radical (unpaired) electrons. The number of amides is 4. The second-order valence-corrected chi connectivity index (χ2v) is 10.0. The highest BCUT2D eigenvalue weighted by Gasteiger charge is 2.55. The van der Waals surface area contributed by atoms with Gasteiger partial charge in [-0.1, -0.05) is 27.7 Å². The second-order valence-electron chi connectivity index (χ2n) is 10.0. The number of rotatable bonds is 12. The van der Waals surface area contributed by atoms with Crippen molar-refractivity contribution >= 4 is 17.8 Å². The molecule has 2 rings (SSSR count). The van der Waals surface area contributed by atoms with Gasteiger partial charge in [0.1, 0.15) is 5.54 Å². The molecule has 4 amide bonds. The standard InChI is InChI=1S/C24H45N5O3/c1-7-27(8-2)14-12-21(30)28-15-10-20(11-16-28)24(13-9-19(3)4)22(31)29(23(32)25-24)18-17-26(5)6/h19-20H,7-18H2,1-6H3,(H,25,32). The first-order valence-corrected chi connectivity index (χ1v) is 12.4. The molecule has 2 aliphatic rings. The summed E-state index contributed by atoms with van der Waals surface area (Å²) in [5.41, 5.74) is -0.829. The van der Waals surface area contributed by atoms with Crippen LogP contribution in [0.2, 0.25) is 0 Å². The average molecular weight is 452 g/mol. The van der Waals surface area contributed by atoms with Gasteiger partial charge >= 0.3 is 6.03 Å². The van der Waals surface area contributed by atoms with Gasteiger partial charge < -0.3 is 20.0 Å². The molecule has 0 aliphatic carbocycles. The third kappa shape index (κ3) is 6.44. The van der Waals surface area contributed by atoms with Crippen molar-refractivity contribution in [3.05, 3.63) is 0 Å². The topological polar surface area (TPSA) is 76.2 Å². The zero-order valence-corrected chi connectivity index (χ0v) is 21.2. The Labute approximate surface area is 194 Å². The molecule has 0 aromatic rings. The van der Waals surface area contributed by atoms with Crippen LogP contribution >= 0.6 is 0 Å². The highest BCUT2D eigenvalue weighted by molar-refractivity contribution is 6.07. The predicted molar refractivity (Wildman–Crippen MR) is 127 cm³/mol. The summed E-state index contributed by atoms with van der Waals surface area (Å²) in [5, 5.41) is 3.12. The van der Waals surface area contributed by atoms with E-state index in [1.807, 2.05) is 23.9 Å².